The number of aliphatic carboxylic acids is 2. The van der Waals surface area contributed by atoms with E-state index >= 15 is 0 Å². The Hall–Kier alpha value is -2.70. The maximum absolute atomic E-state index is 11.2. The molecule has 0 atom stereocenters. The van der Waals surface area contributed by atoms with Crippen LogP contribution in [0.2, 0.25) is 0 Å². The molecule has 0 aromatic heterocycles. The summed E-state index contributed by atoms with van der Waals surface area (Å²) in [5.74, 6) is -2.26. The largest absolute Gasteiger partial charge is 0.477 e. The van der Waals surface area contributed by atoms with Gasteiger partial charge in [-0.2, -0.15) is 0 Å². The van der Waals surface area contributed by atoms with Gasteiger partial charge in [0.05, 0.1) is 0 Å². The summed E-state index contributed by atoms with van der Waals surface area (Å²) < 4.78 is 0. The molecule has 0 spiro atoms. The number of benzene rings is 2. The first-order chi connectivity index (χ1) is 14.0. The molecule has 0 bridgehead atoms. The minimum Gasteiger partial charge on any atom is -0.477 e. The Balaban J connectivity index is 2.33. The fourth-order valence-corrected chi connectivity index (χ4v) is 3.20. The number of carboxylic acids is 2. The van der Waals surface area contributed by atoms with Crippen LogP contribution in [0.25, 0.3) is 12.2 Å². The van der Waals surface area contributed by atoms with Crippen molar-refractivity contribution in [3.8, 4) is 0 Å². The highest BCUT2D eigenvalue weighted by Gasteiger charge is 2.14. The van der Waals surface area contributed by atoms with Crippen molar-refractivity contribution in [2.75, 3.05) is 0 Å². The Bertz CT molecular complexity index is 1010. The second-order valence-corrected chi connectivity index (χ2v) is 9.03. The smallest absolute Gasteiger partial charge is 0.342 e. The van der Waals surface area contributed by atoms with Crippen molar-refractivity contribution < 1.29 is 19.8 Å². The van der Waals surface area contributed by atoms with E-state index in [2.05, 4.69) is 32.9 Å². The number of carboxylic acid groups (broad SMARTS) is 2. The van der Waals surface area contributed by atoms with E-state index in [4.69, 9.17) is 34.6 Å². The van der Waals surface area contributed by atoms with Crippen LogP contribution in [0, 0.1) is 0 Å². The van der Waals surface area contributed by atoms with Crippen LogP contribution in [0.5, 0.6) is 0 Å². The van der Waals surface area contributed by atoms with Crippen LogP contribution in [0.4, 0.5) is 0 Å². The summed E-state index contributed by atoms with van der Waals surface area (Å²) >= 11 is 9.86. The molecule has 2 rings (SSSR count). The van der Waals surface area contributed by atoms with Gasteiger partial charge in [0, 0.05) is 12.8 Å². The van der Waals surface area contributed by atoms with E-state index in [1.165, 1.54) is 5.56 Å². The summed E-state index contributed by atoms with van der Waals surface area (Å²) in [4.78, 5) is 22.0. The number of hydrogen-bond donors (Lipinski definition) is 2. The molecule has 0 heterocycles. The van der Waals surface area contributed by atoms with Crippen molar-refractivity contribution in [3.05, 3.63) is 70.3 Å². The molecule has 0 aliphatic heterocycles. The SMILES string of the molecule is CC(C)(C)c1ccc(/C=C/c2ccc(CC(=S)C(=O)O)cc2CC(=S)C(=O)O)cc1. The molecular weight excluding hydrogens is 416 g/mol. The zero-order valence-corrected chi connectivity index (χ0v) is 18.8. The maximum Gasteiger partial charge on any atom is 0.342 e. The van der Waals surface area contributed by atoms with Gasteiger partial charge < -0.3 is 10.2 Å². The highest BCUT2D eigenvalue weighted by molar-refractivity contribution is 7.82. The Morgan fingerprint density at radius 2 is 1.43 bits per heavy atom. The number of rotatable bonds is 8. The van der Waals surface area contributed by atoms with Crippen molar-refractivity contribution in [2.24, 2.45) is 0 Å². The van der Waals surface area contributed by atoms with Gasteiger partial charge in [-0.1, -0.05) is 99.8 Å². The third kappa shape index (κ3) is 6.68. The molecule has 4 nitrogen and oxygen atoms in total. The predicted octanol–water partition coefficient (Wildman–Crippen LogP) is 5.15. The third-order valence-electron chi connectivity index (χ3n) is 4.63. The molecule has 2 aromatic carbocycles. The summed E-state index contributed by atoms with van der Waals surface area (Å²) in [6, 6.07) is 13.7. The summed E-state index contributed by atoms with van der Waals surface area (Å²) in [6.45, 7) is 6.48. The van der Waals surface area contributed by atoms with Crippen LogP contribution in [0.1, 0.15) is 48.6 Å². The molecule has 156 valence electrons. The lowest BCUT2D eigenvalue weighted by Gasteiger charge is -2.18. The minimum atomic E-state index is -1.14. The summed E-state index contributed by atoms with van der Waals surface area (Å²) in [5, 5.41) is 18.2. The third-order valence-corrected chi connectivity index (χ3v) is 5.27. The average Bonchev–Trinajstić information content (AvgIpc) is 2.66. The zero-order chi connectivity index (χ0) is 22.5. The Kier molecular flexibility index (Phi) is 7.76. The molecule has 0 amide bonds. The van der Waals surface area contributed by atoms with E-state index in [0.717, 1.165) is 16.7 Å². The van der Waals surface area contributed by atoms with E-state index < -0.39 is 11.9 Å². The van der Waals surface area contributed by atoms with Crippen LogP contribution < -0.4 is 0 Å². The molecular formula is C24H24O4S2. The molecule has 2 N–H and O–H groups in total. The van der Waals surface area contributed by atoms with Crippen molar-refractivity contribution in [2.45, 2.75) is 39.0 Å². The fraction of sp³-hybridized carbons (Fsp3) is 0.250. The van der Waals surface area contributed by atoms with Gasteiger partial charge in [0.2, 0.25) is 0 Å². The number of hydrogen-bond acceptors (Lipinski definition) is 4. The van der Waals surface area contributed by atoms with Crippen LogP contribution in [0.15, 0.2) is 42.5 Å². The Morgan fingerprint density at radius 3 is 1.97 bits per heavy atom. The number of thiocarbonyl (C=S) groups is 2. The molecule has 0 aliphatic carbocycles. The maximum atomic E-state index is 11.2. The molecule has 6 heteroatoms. The normalized spacial score (nSPS) is 11.4. The van der Waals surface area contributed by atoms with Gasteiger partial charge in [0.25, 0.3) is 0 Å². The van der Waals surface area contributed by atoms with Gasteiger partial charge in [-0.25, -0.2) is 9.59 Å². The highest BCUT2D eigenvalue weighted by atomic mass is 32.1. The summed E-state index contributed by atoms with van der Waals surface area (Å²) in [6.07, 6.45) is 4.05. The Labute approximate surface area is 187 Å². The van der Waals surface area contributed by atoms with Gasteiger partial charge in [0.15, 0.2) is 0 Å². The van der Waals surface area contributed by atoms with E-state index in [-0.39, 0.29) is 28.0 Å². The van der Waals surface area contributed by atoms with Gasteiger partial charge in [-0.3, -0.25) is 0 Å². The lowest BCUT2D eigenvalue weighted by atomic mass is 9.86. The molecule has 0 saturated carbocycles. The lowest BCUT2D eigenvalue weighted by molar-refractivity contribution is -0.130. The second-order valence-electron chi connectivity index (χ2n) is 8.05. The molecule has 2 aromatic rings. The van der Waals surface area contributed by atoms with Crippen molar-refractivity contribution in [1.29, 1.82) is 0 Å². The standard InChI is InChI=1S/C24H24O4S2/c1-24(2,3)19-10-6-15(7-11-19)4-8-17-9-5-16(13-20(29)22(25)26)12-18(17)14-21(30)23(27)28/h4-12H,13-14H2,1-3H3,(H,25,26)(H,27,28)/b8-4+. The zero-order valence-electron chi connectivity index (χ0n) is 17.1. The van der Waals surface area contributed by atoms with Gasteiger partial charge in [-0.15, -0.1) is 0 Å². The first kappa shape index (κ1) is 23.6. The summed E-state index contributed by atoms with van der Waals surface area (Å²) in [7, 11) is 0. The average molecular weight is 441 g/mol. The topological polar surface area (TPSA) is 74.6 Å². The number of carbonyl (C=O) groups is 2. The first-order valence-corrected chi connectivity index (χ1v) is 10.2. The van der Waals surface area contributed by atoms with Crippen molar-refractivity contribution >= 4 is 58.3 Å². The monoisotopic (exact) mass is 440 g/mol. The van der Waals surface area contributed by atoms with Gasteiger partial charge >= 0.3 is 11.9 Å². The quantitative estimate of drug-likeness (QED) is 0.437. The molecule has 0 fully saturated rings. The van der Waals surface area contributed by atoms with E-state index in [1.807, 2.05) is 30.4 Å². The molecule has 0 unspecified atom stereocenters. The second kappa shape index (κ2) is 9.87. The molecule has 0 radical (unpaired) electrons. The van der Waals surface area contributed by atoms with Crippen molar-refractivity contribution in [3.63, 3.8) is 0 Å². The highest BCUT2D eigenvalue weighted by Crippen LogP contribution is 2.23. The van der Waals surface area contributed by atoms with Crippen LogP contribution in [-0.2, 0) is 27.8 Å². The minimum absolute atomic E-state index is 0.0777. The van der Waals surface area contributed by atoms with Gasteiger partial charge in [0.1, 0.15) is 9.73 Å². The fourth-order valence-electron chi connectivity index (χ4n) is 2.87. The van der Waals surface area contributed by atoms with Crippen LogP contribution in [-0.4, -0.2) is 31.9 Å². The van der Waals surface area contributed by atoms with Crippen LogP contribution in [0.3, 0.4) is 0 Å². The molecule has 0 aliphatic rings. The van der Waals surface area contributed by atoms with E-state index in [9.17, 15) is 9.59 Å². The van der Waals surface area contributed by atoms with E-state index in [1.54, 1.807) is 12.1 Å². The Morgan fingerprint density at radius 1 is 0.867 bits per heavy atom. The predicted molar refractivity (Wildman–Crippen MR) is 128 cm³/mol. The molecule has 30 heavy (non-hydrogen) atoms. The molecule has 0 saturated heterocycles. The van der Waals surface area contributed by atoms with Gasteiger partial charge in [-0.05, 0) is 33.2 Å². The first-order valence-electron chi connectivity index (χ1n) is 9.40. The van der Waals surface area contributed by atoms with E-state index in [0.29, 0.717) is 5.56 Å². The van der Waals surface area contributed by atoms with Crippen molar-refractivity contribution in [1.82, 2.24) is 0 Å². The lowest BCUT2D eigenvalue weighted by Crippen LogP contribution is -2.15. The summed E-state index contributed by atoms with van der Waals surface area (Å²) in [5.41, 5.74) is 4.59. The van der Waals surface area contributed by atoms with Crippen LogP contribution >= 0.6 is 24.4 Å².